The second kappa shape index (κ2) is 6.58. The van der Waals surface area contributed by atoms with E-state index in [1.165, 1.54) is 24.0 Å². The molecule has 1 unspecified atom stereocenters. The van der Waals surface area contributed by atoms with Gasteiger partial charge in [0.05, 0.1) is 10.2 Å². The first-order chi connectivity index (χ1) is 9.04. The fourth-order valence-corrected chi connectivity index (χ4v) is 3.20. The van der Waals surface area contributed by atoms with Gasteiger partial charge in [0.15, 0.2) is 5.13 Å². The summed E-state index contributed by atoms with van der Waals surface area (Å²) in [7, 11) is 0. The number of aromatic nitrogens is 1. The van der Waals surface area contributed by atoms with Crippen molar-refractivity contribution in [1.82, 2.24) is 4.98 Å². The van der Waals surface area contributed by atoms with Crippen molar-refractivity contribution in [3.05, 3.63) is 23.2 Å². The molecule has 1 aromatic heterocycles. The van der Waals surface area contributed by atoms with Crippen molar-refractivity contribution >= 4 is 38.3 Å². The molecule has 0 saturated heterocycles. The average Bonchev–Trinajstić information content (AvgIpc) is 2.69. The zero-order valence-electron chi connectivity index (χ0n) is 11.7. The second-order valence-corrected chi connectivity index (χ2v) is 6.97. The molecule has 19 heavy (non-hydrogen) atoms. The third kappa shape index (κ3) is 4.36. The molecular formula is C15H21ClN2S. The lowest BCUT2D eigenvalue weighted by molar-refractivity contribution is 0.520. The topological polar surface area (TPSA) is 24.9 Å². The second-order valence-electron chi connectivity index (χ2n) is 5.50. The number of anilines is 1. The van der Waals surface area contributed by atoms with E-state index in [-0.39, 0.29) is 0 Å². The fourth-order valence-electron chi connectivity index (χ4n) is 2.08. The van der Waals surface area contributed by atoms with E-state index in [1.807, 2.05) is 18.2 Å². The third-order valence-corrected chi connectivity index (χ3v) is 4.34. The third-order valence-electron chi connectivity index (χ3n) is 3.14. The maximum absolute atomic E-state index is 5.98. The summed E-state index contributed by atoms with van der Waals surface area (Å²) >= 11 is 7.67. The van der Waals surface area contributed by atoms with Gasteiger partial charge in [-0.3, -0.25) is 0 Å². The number of hydrogen-bond acceptors (Lipinski definition) is 3. The summed E-state index contributed by atoms with van der Waals surface area (Å²) in [5, 5.41) is 5.23. The number of benzene rings is 1. The molecule has 0 bridgehead atoms. The highest BCUT2D eigenvalue weighted by Gasteiger charge is 2.08. The van der Waals surface area contributed by atoms with Crippen LogP contribution in [0.2, 0.25) is 5.02 Å². The molecule has 0 aliphatic heterocycles. The first-order valence-electron chi connectivity index (χ1n) is 6.87. The number of fused-ring (bicyclic) bond motifs is 1. The molecule has 104 valence electrons. The van der Waals surface area contributed by atoms with Crippen LogP contribution in [0.25, 0.3) is 10.2 Å². The van der Waals surface area contributed by atoms with Crippen LogP contribution < -0.4 is 5.32 Å². The minimum absolute atomic E-state index is 0.467. The lowest BCUT2D eigenvalue weighted by atomic mass is 10.0. The molecule has 1 aromatic carbocycles. The molecule has 4 heteroatoms. The molecule has 1 N–H and O–H groups in total. The molecular weight excluding hydrogens is 276 g/mol. The SMILES string of the molecule is CC(C)CCCC(C)Nc1nc2cc(Cl)ccc2s1. The van der Waals surface area contributed by atoms with E-state index in [9.17, 15) is 0 Å². The zero-order chi connectivity index (χ0) is 13.8. The molecule has 0 fully saturated rings. The minimum Gasteiger partial charge on any atom is -0.359 e. The monoisotopic (exact) mass is 296 g/mol. The van der Waals surface area contributed by atoms with Gasteiger partial charge in [0.1, 0.15) is 0 Å². The number of thiazole rings is 1. The standard InChI is InChI=1S/C15H21ClN2S/c1-10(2)5-4-6-11(3)17-15-18-13-9-12(16)7-8-14(13)19-15/h7-11H,4-6H2,1-3H3,(H,17,18). The number of hydrogen-bond donors (Lipinski definition) is 1. The van der Waals surface area contributed by atoms with E-state index in [0.717, 1.165) is 21.6 Å². The van der Waals surface area contributed by atoms with Crippen LogP contribution in [-0.2, 0) is 0 Å². The Morgan fingerprint density at radius 1 is 1.26 bits per heavy atom. The Labute approximate surface area is 124 Å². The summed E-state index contributed by atoms with van der Waals surface area (Å²) in [5.74, 6) is 0.789. The number of halogens is 1. The van der Waals surface area contributed by atoms with Crippen molar-refractivity contribution in [3.63, 3.8) is 0 Å². The maximum atomic E-state index is 5.98. The van der Waals surface area contributed by atoms with Gasteiger partial charge in [-0.2, -0.15) is 0 Å². The Morgan fingerprint density at radius 2 is 2.05 bits per heavy atom. The summed E-state index contributed by atoms with van der Waals surface area (Å²) in [6, 6.07) is 6.33. The highest BCUT2D eigenvalue weighted by atomic mass is 35.5. The molecule has 2 rings (SSSR count). The fraction of sp³-hybridized carbons (Fsp3) is 0.533. The van der Waals surface area contributed by atoms with Gasteiger partial charge >= 0.3 is 0 Å². The number of nitrogens with one attached hydrogen (secondary N) is 1. The van der Waals surface area contributed by atoms with Crippen LogP contribution in [-0.4, -0.2) is 11.0 Å². The van der Waals surface area contributed by atoms with Crippen LogP contribution in [0.4, 0.5) is 5.13 Å². The Kier molecular flexibility index (Phi) is 5.06. The molecule has 0 aliphatic carbocycles. The Balaban J connectivity index is 1.93. The summed E-state index contributed by atoms with van der Waals surface area (Å²) < 4.78 is 1.18. The van der Waals surface area contributed by atoms with Gasteiger partial charge in [-0.05, 0) is 37.5 Å². The van der Waals surface area contributed by atoms with Gasteiger partial charge < -0.3 is 5.32 Å². The maximum Gasteiger partial charge on any atom is 0.183 e. The number of nitrogens with zero attached hydrogens (tertiary/aromatic N) is 1. The van der Waals surface area contributed by atoms with E-state index >= 15 is 0 Å². The van der Waals surface area contributed by atoms with E-state index in [0.29, 0.717) is 6.04 Å². The molecule has 2 aromatic rings. The summed E-state index contributed by atoms with van der Waals surface area (Å²) in [6.45, 7) is 6.77. The molecule has 0 aliphatic rings. The smallest absolute Gasteiger partial charge is 0.183 e. The van der Waals surface area contributed by atoms with Gasteiger partial charge in [0, 0.05) is 11.1 Å². The Hall–Kier alpha value is -0.800. The first kappa shape index (κ1) is 14.6. The molecule has 0 radical (unpaired) electrons. The van der Waals surface area contributed by atoms with Crippen LogP contribution in [0.1, 0.15) is 40.0 Å². The Morgan fingerprint density at radius 3 is 2.79 bits per heavy atom. The highest BCUT2D eigenvalue weighted by Crippen LogP contribution is 2.28. The summed E-state index contributed by atoms with van der Waals surface area (Å²) in [5.41, 5.74) is 0.981. The van der Waals surface area contributed by atoms with Crippen molar-refractivity contribution in [3.8, 4) is 0 Å². The molecule has 0 amide bonds. The van der Waals surface area contributed by atoms with Gasteiger partial charge in [-0.15, -0.1) is 0 Å². The quantitative estimate of drug-likeness (QED) is 0.753. The molecule has 2 nitrogen and oxygen atoms in total. The van der Waals surface area contributed by atoms with Crippen molar-refractivity contribution in [2.45, 2.75) is 46.1 Å². The van der Waals surface area contributed by atoms with Crippen molar-refractivity contribution in [2.75, 3.05) is 5.32 Å². The average molecular weight is 297 g/mol. The van der Waals surface area contributed by atoms with Gasteiger partial charge in [-0.25, -0.2) is 4.98 Å². The van der Waals surface area contributed by atoms with Crippen LogP contribution in [0.5, 0.6) is 0 Å². The Bertz CT molecular complexity index is 536. The molecule has 0 saturated carbocycles. The molecule has 0 spiro atoms. The zero-order valence-corrected chi connectivity index (χ0v) is 13.3. The lowest BCUT2D eigenvalue weighted by Gasteiger charge is -2.13. The van der Waals surface area contributed by atoms with Crippen LogP contribution in [0.3, 0.4) is 0 Å². The minimum atomic E-state index is 0.467. The van der Waals surface area contributed by atoms with Crippen molar-refractivity contribution < 1.29 is 0 Å². The van der Waals surface area contributed by atoms with E-state index in [4.69, 9.17) is 11.6 Å². The van der Waals surface area contributed by atoms with Gasteiger partial charge in [0.25, 0.3) is 0 Å². The molecule has 1 atom stereocenters. The first-order valence-corrected chi connectivity index (χ1v) is 8.06. The van der Waals surface area contributed by atoms with E-state index in [1.54, 1.807) is 11.3 Å². The predicted molar refractivity (Wildman–Crippen MR) is 86.4 cm³/mol. The lowest BCUT2D eigenvalue weighted by Crippen LogP contribution is -2.14. The van der Waals surface area contributed by atoms with E-state index in [2.05, 4.69) is 31.1 Å². The van der Waals surface area contributed by atoms with E-state index < -0.39 is 0 Å². The highest BCUT2D eigenvalue weighted by molar-refractivity contribution is 7.22. The van der Waals surface area contributed by atoms with Crippen LogP contribution in [0, 0.1) is 5.92 Å². The normalized spacial score (nSPS) is 13.1. The van der Waals surface area contributed by atoms with Crippen LogP contribution >= 0.6 is 22.9 Å². The summed E-state index contributed by atoms with van der Waals surface area (Å²) in [6.07, 6.45) is 3.75. The van der Waals surface area contributed by atoms with Crippen molar-refractivity contribution in [1.29, 1.82) is 0 Å². The van der Waals surface area contributed by atoms with Crippen LogP contribution in [0.15, 0.2) is 18.2 Å². The largest absolute Gasteiger partial charge is 0.359 e. The predicted octanol–water partition coefficient (Wildman–Crippen LogP) is 5.58. The van der Waals surface area contributed by atoms with Crippen molar-refractivity contribution in [2.24, 2.45) is 5.92 Å². The van der Waals surface area contributed by atoms with Gasteiger partial charge in [0.2, 0.25) is 0 Å². The summed E-state index contributed by atoms with van der Waals surface area (Å²) in [4.78, 5) is 4.58. The molecule has 1 heterocycles. The van der Waals surface area contributed by atoms with Gasteiger partial charge in [-0.1, -0.05) is 49.6 Å². The number of rotatable bonds is 6.